The number of benzene rings is 2. The first kappa shape index (κ1) is 18.4. The molecule has 3 aromatic rings. The van der Waals surface area contributed by atoms with Gasteiger partial charge in [0.15, 0.2) is 0 Å². The van der Waals surface area contributed by atoms with E-state index in [0.717, 1.165) is 24.3 Å². The Hall–Kier alpha value is -2.39. The van der Waals surface area contributed by atoms with Crippen LogP contribution in [0.3, 0.4) is 0 Å². The zero-order chi connectivity index (χ0) is 19.1. The van der Waals surface area contributed by atoms with Gasteiger partial charge >= 0.3 is 6.18 Å². The van der Waals surface area contributed by atoms with Gasteiger partial charge in [0.1, 0.15) is 11.3 Å². The van der Waals surface area contributed by atoms with Gasteiger partial charge in [-0.15, -0.1) is 0 Å². The molecular formula is C16H9ClF4N2O2S. The van der Waals surface area contributed by atoms with E-state index in [1.54, 1.807) is 0 Å². The van der Waals surface area contributed by atoms with Gasteiger partial charge in [-0.1, -0.05) is 11.6 Å². The van der Waals surface area contributed by atoms with Crippen LogP contribution in [0.2, 0.25) is 5.02 Å². The minimum Gasteiger partial charge on any atom is -0.280 e. The van der Waals surface area contributed by atoms with Gasteiger partial charge in [0.25, 0.3) is 10.0 Å². The van der Waals surface area contributed by atoms with Crippen LogP contribution in [0.5, 0.6) is 0 Å². The van der Waals surface area contributed by atoms with E-state index >= 15 is 0 Å². The van der Waals surface area contributed by atoms with Crippen molar-refractivity contribution in [1.29, 1.82) is 0 Å². The lowest BCUT2D eigenvalue weighted by molar-refractivity contribution is -0.137. The Balaban J connectivity index is 2.08. The van der Waals surface area contributed by atoms with E-state index in [1.165, 1.54) is 18.3 Å². The minimum absolute atomic E-state index is 0.00464. The van der Waals surface area contributed by atoms with E-state index in [2.05, 4.69) is 4.98 Å². The lowest BCUT2D eigenvalue weighted by Gasteiger charge is -2.14. The smallest absolute Gasteiger partial charge is 0.280 e. The Labute approximate surface area is 150 Å². The third-order valence-corrected chi connectivity index (χ3v) is 5.26. The molecule has 1 N–H and O–H groups in total. The predicted octanol–water partition coefficient (Wildman–Crippen LogP) is 4.85. The first-order chi connectivity index (χ1) is 12.1. The molecule has 0 saturated heterocycles. The van der Waals surface area contributed by atoms with Crippen LogP contribution in [0.4, 0.5) is 23.2 Å². The molecule has 0 aliphatic rings. The molecule has 0 bridgehead atoms. The Morgan fingerprint density at radius 3 is 2.50 bits per heavy atom. The number of nitrogens with one attached hydrogen (secondary N) is 1. The number of hydrogen-bond acceptors (Lipinski definition) is 3. The van der Waals surface area contributed by atoms with Crippen LogP contribution in [0.1, 0.15) is 5.56 Å². The summed E-state index contributed by atoms with van der Waals surface area (Å²) in [6.45, 7) is 0. The molecule has 1 aromatic heterocycles. The third kappa shape index (κ3) is 3.45. The van der Waals surface area contributed by atoms with Crippen molar-refractivity contribution in [2.75, 3.05) is 4.72 Å². The number of halogens is 5. The van der Waals surface area contributed by atoms with E-state index in [1.807, 2.05) is 4.72 Å². The topological polar surface area (TPSA) is 59.1 Å². The molecule has 0 amide bonds. The molecule has 2 aromatic carbocycles. The molecule has 0 spiro atoms. The maximum Gasteiger partial charge on any atom is 0.417 e. The molecule has 0 aliphatic carbocycles. The molecule has 0 unspecified atom stereocenters. The van der Waals surface area contributed by atoms with Crippen LogP contribution in [-0.2, 0) is 16.2 Å². The number of rotatable bonds is 3. The van der Waals surface area contributed by atoms with Gasteiger partial charge in [-0.25, -0.2) is 12.8 Å². The summed E-state index contributed by atoms with van der Waals surface area (Å²) >= 11 is 5.52. The standard InChI is InChI=1S/C16H9ClF4N2O2S/c17-12-4-3-9(8-11(12)16(19,20)21)23-26(24,25)14-6-5-13(18)15-10(14)2-1-7-22-15/h1-8,23H. The number of sulfonamides is 1. The van der Waals surface area contributed by atoms with Crippen molar-refractivity contribution in [1.82, 2.24) is 4.98 Å². The van der Waals surface area contributed by atoms with Crippen LogP contribution in [0, 0.1) is 5.82 Å². The molecule has 26 heavy (non-hydrogen) atoms. The molecule has 0 saturated carbocycles. The quantitative estimate of drug-likeness (QED) is 0.635. The zero-order valence-electron chi connectivity index (χ0n) is 12.7. The molecule has 1 heterocycles. The highest BCUT2D eigenvalue weighted by atomic mass is 35.5. The average molecular weight is 405 g/mol. The van der Waals surface area contributed by atoms with E-state index in [4.69, 9.17) is 11.6 Å². The summed E-state index contributed by atoms with van der Waals surface area (Å²) in [6.07, 6.45) is -3.45. The Bertz CT molecular complexity index is 1100. The minimum atomic E-state index is -4.75. The fourth-order valence-electron chi connectivity index (χ4n) is 2.36. The van der Waals surface area contributed by atoms with Crippen molar-refractivity contribution in [3.05, 3.63) is 65.1 Å². The van der Waals surface area contributed by atoms with Crippen LogP contribution in [-0.4, -0.2) is 13.4 Å². The van der Waals surface area contributed by atoms with Crippen LogP contribution in [0.15, 0.2) is 53.6 Å². The van der Waals surface area contributed by atoms with Crippen molar-refractivity contribution in [3.8, 4) is 0 Å². The van der Waals surface area contributed by atoms with Gasteiger partial charge in [0, 0.05) is 17.3 Å². The average Bonchev–Trinajstić information content (AvgIpc) is 2.56. The number of pyridine rings is 1. The number of aromatic nitrogens is 1. The van der Waals surface area contributed by atoms with E-state index in [0.29, 0.717) is 6.07 Å². The van der Waals surface area contributed by atoms with Crippen molar-refractivity contribution in [2.24, 2.45) is 0 Å². The Morgan fingerprint density at radius 1 is 1.08 bits per heavy atom. The third-order valence-electron chi connectivity index (χ3n) is 3.49. The van der Waals surface area contributed by atoms with Crippen molar-refractivity contribution < 1.29 is 26.0 Å². The summed E-state index contributed by atoms with van der Waals surface area (Å²) in [5.41, 5.74) is -1.67. The molecule has 136 valence electrons. The monoisotopic (exact) mass is 404 g/mol. The van der Waals surface area contributed by atoms with Gasteiger partial charge in [0.05, 0.1) is 15.5 Å². The predicted molar refractivity (Wildman–Crippen MR) is 89.0 cm³/mol. The second kappa shape index (κ2) is 6.40. The zero-order valence-corrected chi connectivity index (χ0v) is 14.3. The van der Waals surface area contributed by atoms with Crippen LogP contribution in [0.25, 0.3) is 10.9 Å². The van der Waals surface area contributed by atoms with E-state index < -0.39 is 32.6 Å². The number of fused-ring (bicyclic) bond motifs is 1. The molecule has 3 rings (SSSR count). The highest BCUT2D eigenvalue weighted by molar-refractivity contribution is 7.93. The van der Waals surface area contributed by atoms with Crippen LogP contribution < -0.4 is 4.72 Å². The van der Waals surface area contributed by atoms with Gasteiger partial charge in [-0.2, -0.15) is 13.2 Å². The molecule has 0 atom stereocenters. The second-order valence-electron chi connectivity index (χ2n) is 5.24. The summed E-state index contributed by atoms with van der Waals surface area (Å²) in [4.78, 5) is 3.47. The lowest BCUT2D eigenvalue weighted by Crippen LogP contribution is -2.15. The summed E-state index contributed by atoms with van der Waals surface area (Å²) in [5, 5.41) is -0.554. The number of nitrogens with zero attached hydrogens (tertiary/aromatic N) is 1. The van der Waals surface area contributed by atoms with Crippen molar-refractivity contribution in [3.63, 3.8) is 0 Å². The maximum absolute atomic E-state index is 13.8. The Kier molecular flexibility index (Phi) is 4.53. The number of anilines is 1. The second-order valence-corrected chi connectivity index (χ2v) is 7.30. The first-order valence-electron chi connectivity index (χ1n) is 7.02. The number of hydrogen-bond donors (Lipinski definition) is 1. The fraction of sp³-hybridized carbons (Fsp3) is 0.0625. The molecular weight excluding hydrogens is 396 g/mol. The Morgan fingerprint density at radius 2 is 1.81 bits per heavy atom. The van der Waals surface area contributed by atoms with Gasteiger partial charge < -0.3 is 0 Å². The molecule has 0 radical (unpaired) electrons. The van der Waals surface area contributed by atoms with Crippen LogP contribution >= 0.6 is 11.6 Å². The highest BCUT2D eigenvalue weighted by Gasteiger charge is 2.33. The molecule has 0 aliphatic heterocycles. The maximum atomic E-state index is 13.8. The SMILES string of the molecule is O=S(=O)(Nc1ccc(Cl)c(C(F)(F)F)c1)c1ccc(F)c2ncccc12. The fourth-order valence-corrected chi connectivity index (χ4v) is 3.84. The van der Waals surface area contributed by atoms with Gasteiger partial charge in [0.2, 0.25) is 0 Å². The normalized spacial score (nSPS) is 12.3. The van der Waals surface area contributed by atoms with Crippen molar-refractivity contribution >= 4 is 38.2 Å². The molecule has 10 heteroatoms. The molecule has 0 fully saturated rings. The number of alkyl halides is 3. The van der Waals surface area contributed by atoms with Crippen molar-refractivity contribution in [2.45, 2.75) is 11.1 Å². The first-order valence-corrected chi connectivity index (χ1v) is 8.88. The summed E-state index contributed by atoms with van der Waals surface area (Å²) in [5.74, 6) is -0.717. The van der Waals surface area contributed by atoms with Gasteiger partial charge in [-0.3, -0.25) is 9.71 Å². The lowest BCUT2D eigenvalue weighted by atomic mass is 10.2. The largest absolute Gasteiger partial charge is 0.417 e. The molecule has 4 nitrogen and oxygen atoms in total. The van der Waals surface area contributed by atoms with Gasteiger partial charge in [-0.05, 0) is 42.5 Å². The van der Waals surface area contributed by atoms with E-state index in [9.17, 15) is 26.0 Å². The highest BCUT2D eigenvalue weighted by Crippen LogP contribution is 2.36. The summed E-state index contributed by atoms with van der Waals surface area (Å²) in [6, 6.07) is 7.33. The van der Waals surface area contributed by atoms with E-state index in [-0.39, 0.29) is 21.5 Å². The summed E-state index contributed by atoms with van der Waals surface area (Å²) < 4.78 is 79.8. The summed E-state index contributed by atoms with van der Waals surface area (Å²) in [7, 11) is -4.30.